The van der Waals surface area contributed by atoms with Crippen molar-refractivity contribution in [1.82, 2.24) is 15.0 Å². The molecule has 120 valence electrons. The van der Waals surface area contributed by atoms with E-state index in [4.69, 9.17) is 9.84 Å². The number of aliphatic hydroxyl groups excluding tert-OH is 1. The second-order valence-corrected chi connectivity index (χ2v) is 4.10. The summed E-state index contributed by atoms with van der Waals surface area (Å²) in [6.07, 6.45) is -3.73. The zero-order valence-corrected chi connectivity index (χ0v) is 11.8. The maximum absolute atomic E-state index is 12.6. The molecule has 0 aromatic carbocycles. The molecule has 0 amide bonds. The van der Waals surface area contributed by atoms with Crippen LogP contribution < -0.4 is 15.0 Å². The zero-order valence-electron chi connectivity index (χ0n) is 11.8. The van der Waals surface area contributed by atoms with E-state index in [1.807, 2.05) is 6.92 Å². The van der Waals surface area contributed by atoms with Gasteiger partial charge in [0.05, 0.1) is 13.2 Å². The largest absolute Gasteiger partial charge is 0.463 e. The summed E-state index contributed by atoms with van der Waals surface area (Å²) in [5, 5.41) is 11.5. The first kappa shape index (κ1) is 17.2. The van der Waals surface area contributed by atoms with Gasteiger partial charge in [-0.3, -0.25) is 0 Å². The number of aromatic nitrogens is 3. The van der Waals surface area contributed by atoms with Gasteiger partial charge >= 0.3 is 12.2 Å². The van der Waals surface area contributed by atoms with Crippen molar-refractivity contribution in [2.45, 2.75) is 19.5 Å². The summed E-state index contributed by atoms with van der Waals surface area (Å²) in [4.78, 5) is 12.4. The molecule has 10 heteroatoms. The standard InChI is InChI=1S/C11H18F3N5O2/c1-3-6-21-10-17-8(15-2)16-9(18-10)19(4-5-20)7-11(12,13)14/h20H,3-7H2,1-2H3,(H,15,16,17,18). The van der Waals surface area contributed by atoms with Crippen LogP contribution in [0.3, 0.4) is 0 Å². The van der Waals surface area contributed by atoms with Gasteiger partial charge in [-0.1, -0.05) is 6.92 Å². The van der Waals surface area contributed by atoms with Crippen LogP contribution in [-0.2, 0) is 0 Å². The molecule has 0 saturated carbocycles. The predicted octanol–water partition coefficient (Wildman–Crippen LogP) is 1.06. The van der Waals surface area contributed by atoms with E-state index < -0.39 is 19.3 Å². The van der Waals surface area contributed by atoms with Crippen LogP contribution in [0.25, 0.3) is 0 Å². The summed E-state index contributed by atoms with van der Waals surface area (Å²) in [6.45, 7) is 0.240. The quantitative estimate of drug-likeness (QED) is 0.743. The fourth-order valence-electron chi connectivity index (χ4n) is 1.44. The zero-order chi connectivity index (χ0) is 15.9. The van der Waals surface area contributed by atoms with E-state index in [2.05, 4.69) is 20.3 Å². The van der Waals surface area contributed by atoms with Crippen LogP contribution in [0.1, 0.15) is 13.3 Å². The lowest BCUT2D eigenvalue weighted by molar-refractivity contribution is -0.120. The van der Waals surface area contributed by atoms with Gasteiger partial charge in [-0.15, -0.1) is 0 Å². The normalized spacial score (nSPS) is 11.3. The van der Waals surface area contributed by atoms with E-state index in [1.54, 1.807) is 0 Å². The van der Waals surface area contributed by atoms with E-state index >= 15 is 0 Å². The molecule has 0 atom stereocenters. The highest BCUT2D eigenvalue weighted by Gasteiger charge is 2.32. The first-order valence-electron chi connectivity index (χ1n) is 6.38. The molecule has 0 saturated heterocycles. The molecule has 2 N–H and O–H groups in total. The van der Waals surface area contributed by atoms with Crippen LogP contribution >= 0.6 is 0 Å². The Kier molecular flexibility index (Phi) is 6.40. The average molecular weight is 309 g/mol. The van der Waals surface area contributed by atoms with Crippen molar-refractivity contribution in [3.05, 3.63) is 0 Å². The Morgan fingerprint density at radius 1 is 1.29 bits per heavy atom. The first-order chi connectivity index (χ1) is 9.89. The van der Waals surface area contributed by atoms with Gasteiger partial charge in [0.1, 0.15) is 6.54 Å². The second kappa shape index (κ2) is 7.81. The number of halogens is 3. The minimum absolute atomic E-state index is 0.0590. The topological polar surface area (TPSA) is 83.4 Å². The monoisotopic (exact) mass is 309 g/mol. The van der Waals surface area contributed by atoms with Crippen molar-refractivity contribution < 1.29 is 23.0 Å². The summed E-state index contributed by atoms with van der Waals surface area (Å²) in [5.41, 5.74) is 0. The summed E-state index contributed by atoms with van der Waals surface area (Å²) < 4.78 is 42.9. The van der Waals surface area contributed by atoms with Crippen LogP contribution in [0.5, 0.6) is 6.01 Å². The molecule has 0 radical (unpaired) electrons. The predicted molar refractivity (Wildman–Crippen MR) is 70.5 cm³/mol. The Bertz CT molecular complexity index is 444. The molecular weight excluding hydrogens is 291 g/mol. The maximum atomic E-state index is 12.6. The summed E-state index contributed by atoms with van der Waals surface area (Å²) >= 11 is 0. The molecule has 1 rings (SSSR count). The minimum atomic E-state index is -4.44. The molecule has 21 heavy (non-hydrogen) atoms. The van der Waals surface area contributed by atoms with E-state index in [-0.39, 0.29) is 24.5 Å². The van der Waals surface area contributed by atoms with Gasteiger partial charge in [0.25, 0.3) is 0 Å². The van der Waals surface area contributed by atoms with Crippen molar-refractivity contribution >= 4 is 11.9 Å². The molecule has 1 heterocycles. The molecule has 0 aliphatic heterocycles. The molecule has 0 fully saturated rings. The number of aliphatic hydroxyl groups is 1. The molecule has 1 aromatic heterocycles. The Labute approximate surface area is 120 Å². The molecule has 1 aromatic rings. The van der Waals surface area contributed by atoms with E-state index in [9.17, 15) is 13.2 Å². The number of nitrogens with one attached hydrogen (secondary N) is 1. The molecule has 0 bridgehead atoms. The summed E-state index contributed by atoms with van der Waals surface area (Å²) in [7, 11) is 1.53. The van der Waals surface area contributed by atoms with E-state index in [1.165, 1.54) is 7.05 Å². The molecule has 0 aliphatic carbocycles. The Hall–Kier alpha value is -1.84. The molecule has 0 unspecified atom stereocenters. The SMILES string of the molecule is CCCOc1nc(NC)nc(N(CCO)CC(F)(F)F)n1. The summed E-state index contributed by atoms with van der Waals surface area (Å²) in [5.74, 6) is -0.108. The Morgan fingerprint density at radius 2 is 2.00 bits per heavy atom. The summed E-state index contributed by atoms with van der Waals surface area (Å²) in [6, 6.07) is -0.0590. The fourth-order valence-corrected chi connectivity index (χ4v) is 1.44. The number of alkyl halides is 3. The van der Waals surface area contributed by atoms with Crippen LogP contribution in [-0.4, -0.2) is 59.6 Å². The van der Waals surface area contributed by atoms with Gasteiger partial charge in [0.2, 0.25) is 11.9 Å². The first-order valence-corrected chi connectivity index (χ1v) is 6.38. The van der Waals surface area contributed by atoms with E-state index in [0.29, 0.717) is 13.0 Å². The number of ether oxygens (including phenoxy) is 1. The third-order valence-corrected chi connectivity index (χ3v) is 2.28. The number of anilines is 2. The van der Waals surface area contributed by atoms with Crippen LogP contribution in [0.4, 0.5) is 25.1 Å². The second-order valence-electron chi connectivity index (χ2n) is 4.10. The molecule has 0 aliphatic rings. The van der Waals surface area contributed by atoms with E-state index in [0.717, 1.165) is 4.90 Å². The van der Waals surface area contributed by atoms with Gasteiger partial charge in [-0.25, -0.2) is 0 Å². The third-order valence-electron chi connectivity index (χ3n) is 2.28. The highest BCUT2D eigenvalue weighted by Crippen LogP contribution is 2.21. The average Bonchev–Trinajstić information content (AvgIpc) is 2.43. The number of hydrogen-bond acceptors (Lipinski definition) is 7. The smallest absolute Gasteiger partial charge is 0.406 e. The molecule has 0 spiro atoms. The Balaban J connectivity index is 3.04. The highest BCUT2D eigenvalue weighted by atomic mass is 19.4. The molecular formula is C11H18F3N5O2. The van der Waals surface area contributed by atoms with Crippen molar-refractivity contribution in [3.63, 3.8) is 0 Å². The third kappa shape index (κ3) is 5.98. The lowest BCUT2D eigenvalue weighted by Crippen LogP contribution is -2.37. The van der Waals surface area contributed by atoms with Gasteiger partial charge in [0, 0.05) is 13.6 Å². The Morgan fingerprint density at radius 3 is 2.52 bits per heavy atom. The van der Waals surface area contributed by atoms with Crippen molar-refractivity contribution in [1.29, 1.82) is 0 Å². The van der Waals surface area contributed by atoms with Gasteiger partial charge < -0.3 is 20.1 Å². The maximum Gasteiger partial charge on any atom is 0.406 e. The van der Waals surface area contributed by atoms with Gasteiger partial charge in [-0.05, 0) is 6.42 Å². The minimum Gasteiger partial charge on any atom is -0.463 e. The van der Waals surface area contributed by atoms with Crippen molar-refractivity contribution in [3.8, 4) is 6.01 Å². The number of hydrogen-bond donors (Lipinski definition) is 2. The lowest BCUT2D eigenvalue weighted by atomic mass is 10.5. The van der Waals surface area contributed by atoms with Crippen molar-refractivity contribution in [2.24, 2.45) is 0 Å². The highest BCUT2D eigenvalue weighted by molar-refractivity contribution is 5.38. The molecule has 7 nitrogen and oxygen atoms in total. The van der Waals surface area contributed by atoms with Gasteiger partial charge in [-0.2, -0.15) is 28.1 Å². The number of rotatable bonds is 8. The van der Waals surface area contributed by atoms with Crippen molar-refractivity contribution in [2.75, 3.05) is 43.6 Å². The van der Waals surface area contributed by atoms with Crippen LogP contribution in [0.2, 0.25) is 0 Å². The van der Waals surface area contributed by atoms with Crippen LogP contribution in [0.15, 0.2) is 0 Å². The lowest BCUT2D eigenvalue weighted by Gasteiger charge is -2.23. The fraction of sp³-hybridized carbons (Fsp3) is 0.727. The van der Waals surface area contributed by atoms with Gasteiger partial charge in [0.15, 0.2) is 0 Å². The number of nitrogens with zero attached hydrogens (tertiary/aromatic N) is 4. The van der Waals surface area contributed by atoms with Crippen LogP contribution in [0, 0.1) is 0 Å².